The van der Waals surface area contributed by atoms with Crippen molar-refractivity contribution in [2.24, 2.45) is 0 Å². The molecular weight excluding hydrogens is 202 g/mol. The van der Waals surface area contributed by atoms with Crippen LogP contribution in [0.5, 0.6) is 0 Å². The highest BCUT2D eigenvalue weighted by molar-refractivity contribution is 5.74. The first-order valence-corrected chi connectivity index (χ1v) is 4.99. The molecule has 16 heavy (non-hydrogen) atoms. The molecular formula is C13H11NO2. The maximum atomic E-state index is 10.9. The largest absolute Gasteiger partial charge is 0.277 e. The Kier molecular flexibility index (Phi) is 2.68. The molecule has 0 heterocycles. The van der Waals surface area contributed by atoms with Crippen LogP contribution in [-0.4, -0.2) is 4.92 Å². The first-order valence-electron chi connectivity index (χ1n) is 4.99. The zero-order valence-corrected chi connectivity index (χ0v) is 8.88. The third kappa shape index (κ3) is 1.93. The lowest BCUT2D eigenvalue weighted by molar-refractivity contribution is -0.384. The predicted octanol–water partition coefficient (Wildman–Crippen LogP) is 3.57. The summed E-state index contributed by atoms with van der Waals surface area (Å²) < 4.78 is 0. The zero-order chi connectivity index (χ0) is 11.5. The van der Waals surface area contributed by atoms with Crippen LogP contribution in [0.3, 0.4) is 0 Å². The van der Waals surface area contributed by atoms with E-state index in [1.165, 1.54) is 0 Å². The van der Waals surface area contributed by atoms with Crippen LogP contribution in [0.2, 0.25) is 0 Å². The summed E-state index contributed by atoms with van der Waals surface area (Å²) >= 11 is 0. The fourth-order valence-corrected chi connectivity index (χ4v) is 1.66. The number of nitro benzene ring substituents is 1. The van der Waals surface area contributed by atoms with Crippen LogP contribution in [0, 0.1) is 17.0 Å². The van der Waals surface area contributed by atoms with Gasteiger partial charge in [0.1, 0.15) is 0 Å². The fourth-order valence-electron chi connectivity index (χ4n) is 1.66. The van der Waals surface area contributed by atoms with Gasteiger partial charge in [0.25, 0.3) is 5.69 Å². The number of rotatable bonds is 2. The number of nitrogens with zero attached hydrogens (tertiary/aromatic N) is 1. The number of aryl methyl sites for hydroxylation is 1. The van der Waals surface area contributed by atoms with Crippen molar-refractivity contribution < 1.29 is 4.92 Å². The van der Waals surface area contributed by atoms with Gasteiger partial charge in [0.2, 0.25) is 0 Å². The molecule has 0 bridgehead atoms. The first-order chi connectivity index (χ1) is 7.68. The second-order valence-electron chi connectivity index (χ2n) is 3.64. The highest BCUT2D eigenvalue weighted by Gasteiger charge is 2.14. The summed E-state index contributed by atoms with van der Waals surface area (Å²) in [7, 11) is 0. The summed E-state index contributed by atoms with van der Waals surface area (Å²) in [5, 5.41) is 10.9. The van der Waals surface area contributed by atoms with Crippen LogP contribution in [0.15, 0.2) is 48.5 Å². The van der Waals surface area contributed by atoms with Gasteiger partial charge in [-0.2, -0.15) is 0 Å². The molecule has 0 saturated carbocycles. The number of benzene rings is 2. The van der Waals surface area contributed by atoms with E-state index in [-0.39, 0.29) is 10.6 Å². The summed E-state index contributed by atoms with van der Waals surface area (Å²) in [5.74, 6) is 0. The van der Waals surface area contributed by atoms with E-state index in [4.69, 9.17) is 0 Å². The number of hydrogen-bond donors (Lipinski definition) is 0. The zero-order valence-electron chi connectivity index (χ0n) is 8.88. The van der Waals surface area contributed by atoms with Crippen LogP contribution >= 0.6 is 0 Å². The van der Waals surface area contributed by atoms with Gasteiger partial charge in [-0.1, -0.05) is 42.0 Å². The Labute approximate surface area is 93.5 Å². The van der Waals surface area contributed by atoms with E-state index >= 15 is 0 Å². The Morgan fingerprint density at radius 1 is 1.06 bits per heavy atom. The van der Waals surface area contributed by atoms with E-state index in [0.29, 0.717) is 5.56 Å². The Bertz CT molecular complexity index is 521. The van der Waals surface area contributed by atoms with Gasteiger partial charge in [-0.15, -0.1) is 0 Å². The molecule has 3 heteroatoms. The van der Waals surface area contributed by atoms with Crippen molar-refractivity contribution in [3.63, 3.8) is 0 Å². The summed E-state index contributed by atoms with van der Waals surface area (Å²) in [6.45, 7) is 1.93. The quantitative estimate of drug-likeness (QED) is 0.565. The molecule has 2 aromatic rings. The standard InChI is InChI=1S/C13H11NO2/c1-10-7-8-13(14(15)16)12(9-10)11-5-3-2-4-6-11/h2-9H,1H3. The van der Waals surface area contributed by atoms with E-state index in [1.807, 2.05) is 43.3 Å². The number of nitro groups is 1. The minimum absolute atomic E-state index is 0.150. The van der Waals surface area contributed by atoms with Crippen molar-refractivity contribution in [2.75, 3.05) is 0 Å². The lowest BCUT2D eigenvalue weighted by Crippen LogP contribution is -1.92. The molecule has 0 saturated heterocycles. The summed E-state index contributed by atoms with van der Waals surface area (Å²) in [6, 6.07) is 14.5. The molecule has 2 aromatic carbocycles. The van der Waals surface area contributed by atoms with Crippen LogP contribution in [0.1, 0.15) is 5.56 Å². The average Bonchev–Trinajstić information content (AvgIpc) is 2.29. The molecule has 0 atom stereocenters. The third-order valence-corrected chi connectivity index (χ3v) is 2.43. The summed E-state index contributed by atoms with van der Waals surface area (Å²) in [6.07, 6.45) is 0. The van der Waals surface area contributed by atoms with E-state index in [0.717, 1.165) is 11.1 Å². The van der Waals surface area contributed by atoms with Gasteiger partial charge in [0, 0.05) is 6.07 Å². The molecule has 80 valence electrons. The Morgan fingerprint density at radius 3 is 2.38 bits per heavy atom. The molecule has 0 spiro atoms. The molecule has 0 aliphatic rings. The molecule has 0 amide bonds. The van der Waals surface area contributed by atoms with E-state index in [9.17, 15) is 10.1 Å². The van der Waals surface area contributed by atoms with Gasteiger partial charge in [-0.3, -0.25) is 10.1 Å². The van der Waals surface area contributed by atoms with Crippen LogP contribution in [0.4, 0.5) is 5.69 Å². The maximum absolute atomic E-state index is 10.9. The highest BCUT2D eigenvalue weighted by Crippen LogP contribution is 2.30. The molecule has 0 N–H and O–H groups in total. The van der Waals surface area contributed by atoms with E-state index < -0.39 is 0 Å². The average molecular weight is 213 g/mol. The Hall–Kier alpha value is -2.16. The normalized spacial score (nSPS) is 10.1. The maximum Gasteiger partial charge on any atom is 0.277 e. The molecule has 0 fully saturated rings. The monoisotopic (exact) mass is 213 g/mol. The van der Waals surface area contributed by atoms with Crippen molar-refractivity contribution in [3.05, 3.63) is 64.2 Å². The second-order valence-corrected chi connectivity index (χ2v) is 3.64. The molecule has 0 radical (unpaired) electrons. The summed E-state index contributed by atoms with van der Waals surface area (Å²) in [4.78, 5) is 10.6. The summed E-state index contributed by atoms with van der Waals surface area (Å²) in [5.41, 5.74) is 2.71. The van der Waals surface area contributed by atoms with Crippen LogP contribution < -0.4 is 0 Å². The topological polar surface area (TPSA) is 43.1 Å². The van der Waals surface area contributed by atoms with E-state index in [1.54, 1.807) is 12.1 Å². The van der Waals surface area contributed by atoms with Gasteiger partial charge in [-0.25, -0.2) is 0 Å². The van der Waals surface area contributed by atoms with Crippen molar-refractivity contribution in [2.45, 2.75) is 6.92 Å². The SMILES string of the molecule is Cc1ccc([N+](=O)[O-])c(-c2ccccc2)c1. The van der Waals surface area contributed by atoms with Crippen molar-refractivity contribution >= 4 is 5.69 Å². The lowest BCUT2D eigenvalue weighted by Gasteiger charge is -2.04. The molecule has 0 aliphatic carbocycles. The van der Waals surface area contributed by atoms with Crippen molar-refractivity contribution in [1.82, 2.24) is 0 Å². The number of hydrogen-bond acceptors (Lipinski definition) is 2. The van der Waals surface area contributed by atoms with Gasteiger partial charge < -0.3 is 0 Å². The fraction of sp³-hybridized carbons (Fsp3) is 0.0769. The third-order valence-electron chi connectivity index (χ3n) is 2.43. The van der Waals surface area contributed by atoms with Crippen molar-refractivity contribution in [1.29, 1.82) is 0 Å². The molecule has 3 nitrogen and oxygen atoms in total. The van der Waals surface area contributed by atoms with Crippen LogP contribution in [0.25, 0.3) is 11.1 Å². The molecule has 0 unspecified atom stereocenters. The molecule has 0 aromatic heterocycles. The smallest absolute Gasteiger partial charge is 0.258 e. The predicted molar refractivity (Wildman–Crippen MR) is 63.3 cm³/mol. The lowest BCUT2D eigenvalue weighted by atomic mass is 10.0. The van der Waals surface area contributed by atoms with Gasteiger partial charge >= 0.3 is 0 Å². The van der Waals surface area contributed by atoms with Crippen molar-refractivity contribution in [3.8, 4) is 11.1 Å². The molecule has 2 rings (SSSR count). The minimum Gasteiger partial charge on any atom is -0.258 e. The van der Waals surface area contributed by atoms with E-state index in [2.05, 4.69) is 0 Å². The van der Waals surface area contributed by atoms with Gasteiger partial charge in [0.05, 0.1) is 10.5 Å². The first kappa shape index (κ1) is 10.4. The van der Waals surface area contributed by atoms with Gasteiger partial charge in [0.15, 0.2) is 0 Å². The molecule has 0 aliphatic heterocycles. The van der Waals surface area contributed by atoms with Crippen LogP contribution in [-0.2, 0) is 0 Å². The highest BCUT2D eigenvalue weighted by atomic mass is 16.6. The minimum atomic E-state index is -0.345. The Morgan fingerprint density at radius 2 is 1.75 bits per heavy atom. The Balaban J connectivity index is 2.63. The van der Waals surface area contributed by atoms with Gasteiger partial charge in [-0.05, 0) is 18.6 Å². The second kappa shape index (κ2) is 4.14.